The van der Waals surface area contributed by atoms with E-state index in [0.29, 0.717) is 17.6 Å². The number of aliphatic hydroxyl groups is 2. The number of aromatic nitrogens is 8. The van der Waals surface area contributed by atoms with Gasteiger partial charge in [0.05, 0.1) is 31.4 Å². The van der Waals surface area contributed by atoms with Crippen molar-refractivity contribution >= 4 is 36.0 Å². The maximum atomic E-state index is 12.7. The van der Waals surface area contributed by atoms with Crippen molar-refractivity contribution < 1.29 is 43.5 Å². The fourth-order valence-corrected chi connectivity index (χ4v) is 5.99. The van der Waals surface area contributed by atoms with Crippen LogP contribution in [0, 0.1) is 0 Å². The molecule has 43 heavy (non-hydrogen) atoms. The molecule has 3 aromatic rings. The lowest BCUT2D eigenvalue weighted by Crippen LogP contribution is -2.46. The van der Waals surface area contributed by atoms with E-state index in [-0.39, 0.29) is 36.0 Å². The maximum Gasteiger partial charge on any atom is 0.361 e. The van der Waals surface area contributed by atoms with Crippen LogP contribution in [0.1, 0.15) is 51.1 Å². The summed E-state index contributed by atoms with van der Waals surface area (Å²) < 4.78 is 36.7. The third kappa shape index (κ3) is 7.14. The van der Waals surface area contributed by atoms with E-state index in [4.69, 9.17) is 30.5 Å². The Labute approximate surface area is 250 Å². The van der Waals surface area contributed by atoms with Crippen LogP contribution in [0.25, 0.3) is 11.0 Å². The van der Waals surface area contributed by atoms with Crippen molar-refractivity contribution in [1.82, 2.24) is 40.4 Å². The van der Waals surface area contributed by atoms with Crippen LogP contribution in [-0.4, -0.2) is 116 Å². The molecule has 3 aromatic heterocycles. The minimum Gasteiger partial charge on any atom is -0.387 e. The van der Waals surface area contributed by atoms with Crippen molar-refractivity contribution in [3.05, 3.63) is 17.3 Å². The molecule has 1 aliphatic heterocycles. The van der Waals surface area contributed by atoms with Gasteiger partial charge in [-0.1, -0.05) is 25.0 Å². The Hall–Kier alpha value is -2.38. The molecular formula is C23H35ClN9O9P. The van der Waals surface area contributed by atoms with Crippen molar-refractivity contribution in [2.24, 2.45) is 0 Å². The lowest BCUT2D eigenvalue weighted by molar-refractivity contribution is -0.139. The van der Waals surface area contributed by atoms with Gasteiger partial charge in [0.25, 0.3) is 0 Å². The smallest absolute Gasteiger partial charge is 0.361 e. The van der Waals surface area contributed by atoms with Crippen LogP contribution < -0.4 is 5.32 Å². The summed E-state index contributed by atoms with van der Waals surface area (Å²) in [5, 5.41) is 40.9. The van der Waals surface area contributed by atoms with E-state index in [9.17, 15) is 24.6 Å². The number of H-pyrrole nitrogens is 1. The molecule has 2 aliphatic rings. The van der Waals surface area contributed by atoms with Gasteiger partial charge in [-0.15, -0.1) is 10.2 Å². The monoisotopic (exact) mass is 647 g/mol. The van der Waals surface area contributed by atoms with Gasteiger partial charge in [-0.3, -0.25) is 4.57 Å². The molecule has 20 heteroatoms. The van der Waals surface area contributed by atoms with Gasteiger partial charge in [-0.25, -0.2) is 4.68 Å². The molecule has 0 radical (unpaired) electrons. The van der Waals surface area contributed by atoms with Crippen LogP contribution in [0.2, 0.25) is 5.28 Å². The first-order valence-corrected chi connectivity index (χ1v) is 15.9. The first-order chi connectivity index (χ1) is 20.6. The molecule has 5 rings (SSSR count). The van der Waals surface area contributed by atoms with E-state index in [1.807, 2.05) is 6.92 Å². The Kier molecular flexibility index (Phi) is 10.2. The number of nitrogens with zero attached hydrogens (tertiary/aromatic N) is 7. The highest BCUT2D eigenvalue weighted by atomic mass is 35.5. The predicted octanol–water partition coefficient (Wildman–Crippen LogP) is 0.501. The summed E-state index contributed by atoms with van der Waals surface area (Å²) in [6.45, 7) is 0.148. The third-order valence-corrected chi connectivity index (χ3v) is 8.99. The van der Waals surface area contributed by atoms with E-state index < -0.39 is 57.3 Å². The summed E-state index contributed by atoms with van der Waals surface area (Å²) in [5.74, 6) is 0.659. The Morgan fingerprint density at radius 2 is 1.98 bits per heavy atom. The lowest BCUT2D eigenvalue weighted by atomic mass is 10.1. The van der Waals surface area contributed by atoms with Gasteiger partial charge in [0.2, 0.25) is 10.6 Å². The average molecular weight is 648 g/mol. The molecule has 0 bridgehead atoms. The van der Waals surface area contributed by atoms with Crippen LogP contribution in [0.5, 0.6) is 0 Å². The Bertz CT molecular complexity index is 1390. The minimum absolute atomic E-state index is 0.0398. The van der Waals surface area contributed by atoms with Gasteiger partial charge >= 0.3 is 7.60 Å². The molecule has 238 valence electrons. The normalized spacial score (nSPS) is 24.6. The number of halogens is 1. The highest BCUT2D eigenvalue weighted by Gasteiger charge is 2.52. The van der Waals surface area contributed by atoms with Crippen molar-refractivity contribution in [2.45, 2.75) is 81.6 Å². The lowest BCUT2D eigenvalue weighted by Gasteiger charge is -2.34. The SMILES string of the molecule is CCCOCC(COCc1nn[nH]n1)(OC[C@H]1O[C@@H](n2ncc3c(NC4CCCC4)nc(Cl)nc32)[C@H](O)[C@@H]1O)P(=O)(O)O. The van der Waals surface area contributed by atoms with Gasteiger partial charge in [0.1, 0.15) is 30.7 Å². The molecule has 0 amide bonds. The topological polar surface area (TPSA) is 245 Å². The highest BCUT2D eigenvalue weighted by molar-refractivity contribution is 7.53. The first kappa shape index (κ1) is 32.0. The van der Waals surface area contributed by atoms with E-state index in [1.165, 1.54) is 10.9 Å². The van der Waals surface area contributed by atoms with Crippen LogP contribution in [0.3, 0.4) is 0 Å². The van der Waals surface area contributed by atoms with Gasteiger partial charge in [-0.2, -0.15) is 20.3 Å². The standard InChI is InChI=1S/C23H35ClN9O9P/c1-2-7-39-11-23(43(36,37)38,12-40-10-16-29-31-32-30-16)41-9-15-17(34)18(35)21(42-15)33-20-14(8-25-33)19(27-22(24)28-20)26-13-5-3-4-6-13/h8,13,15,17-18,21,34-35H,2-7,9-12H2,1H3,(H,26,27,28)(H2,36,37,38)(H,29,30,31,32)/t15-,17-,18-,21-,23?/m1/s1. The van der Waals surface area contributed by atoms with E-state index in [2.05, 4.69) is 41.0 Å². The minimum atomic E-state index is -5.06. The maximum absolute atomic E-state index is 12.7. The Morgan fingerprint density at radius 3 is 2.67 bits per heavy atom. The number of hydrogen-bond donors (Lipinski definition) is 6. The fourth-order valence-electron chi connectivity index (χ4n) is 5.06. The van der Waals surface area contributed by atoms with Gasteiger partial charge < -0.3 is 44.3 Å². The van der Waals surface area contributed by atoms with E-state index in [0.717, 1.165) is 25.7 Å². The zero-order valence-corrected chi connectivity index (χ0v) is 25.0. The summed E-state index contributed by atoms with van der Waals surface area (Å²) in [6, 6.07) is 0.237. The van der Waals surface area contributed by atoms with Crippen molar-refractivity contribution in [3.63, 3.8) is 0 Å². The summed E-state index contributed by atoms with van der Waals surface area (Å²) in [4.78, 5) is 29.2. The van der Waals surface area contributed by atoms with E-state index in [1.54, 1.807) is 0 Å². The molecule has 6 N–H and O–H groups in total. The van der Waals surface area contributed by atoms with Crippen LogP contribution in [0.4, 0.5) is 5.82 Å². The number of rotatable bonds is 15. The summed E-state index contributed by atoms with van der Waals surface area (Å²) in [6.07, 6.45) is 0.875. The van der Waals surface area contributed by atoms with Crippen LogP contribution in [0.15, 0.2) is 6.20 Å². The number of hydrogen-bond acceptors (Lipinski definition) is 14. The molecule has 4 heterocycles. The molecule has 0 spiro atoms. The fraction of sp³-hybridized carbons (Fsp3) is 0.739. The zero-order valence-electron chi connectivity index (χ0n) is 23.3. The number of aliphatic hydroxyl groups excluding tert-OH is 2. The van der Waals surface area contributed by atoms with Crippen LogP contribution in [-0.2, 0) is 30.1 Å². The number of anilines is 1. The molecule has 18 nitrogen and oxygen atoms in total. The number of tetrazole rings is 1. The molecule has 1 aliphatic carbocycles. The van der Waals surface area contributed by atoms with Gasteiger partial charge in [0.15, 0.2) is 17.7 Å². The Morgan fingerprint density at radius 1 is 1.21 bits per heavy atom. The molecular weight excluding hydrogens is 613 g/mol. The van der Waals surface area contributed by atoms with Crippen LogP contribution >= 0.6 is 19.2 Å². The predicted molar refractivity (Wildman–Crippen MR) is 148 cm³/mol. The second kappa shape index (κ2) is 13.7. The summed E-state index contributed by atoms with van der Waals surface area (Å²) >= 11 is 6.22. The number of nitrogens with one attached hydrogen (secondary N) is 2. The highest BCUT2D eigenvalue weighted by Crippen LogP contribution is 2.52. The third-order valence-electron chi connectivity index (χ3n) is 7.37. The molecule has 1 saturated carbocycles. The average Bonchev–Trinajstić information content (AvgIpc) is 3.77. The molecule has 0 aromatic carbocycles. The molecule has 1 saturated heterocycles. The number of fused-ring (bicyclic) bond motifs is 1. The first-order valence-electron chi connectivity index (χ1n) is 13.9. The summed E-state index contributed by atoms with van der Waals surface area (Å²) in [7, 11) is -5.06. The van der Waals surface area contributed by atoms with Crippen molar-refractivity contribution in [2.75, 3.05) is 31.7 Å². The quantitative estimate of drug-likeness (QED) is 0.0746. The van der Waals surface area contributed by atoms with Gasteiger partial charge in [0, 0.05) is 12.6 Å². The number of aromatic amines is 1. The molecule has 5 atom stereocenters. The second-order valence-corrected chi connectivity index (χ2v) is 12.8. The van der Waals surface area contributed by atoms with Gasteiger partial charge in [-0.05, 0) is 30.9 Å². The second-order valence-electron chi connectivity index (χ2n) is 10.5. The number of ether oxygens (including phenoxy) is 4. The Balaban J connectivity index is 1.33. The summed E-state index contributed by atoms with van der Waals surface area (Å²) in [5.41, 5.74) is 0.269. The van der Waals surface area contributed by atoms with Crippen molar-refractivity contribution in [3.8, 4) is 0 Å². The molecule has 2 fully saturated rings. The van der Waals surface area contributed by atoms with E-state index >= 15 is 0 Å². The van der Waals surface area contributed by atoms with Crippen molar-refractivity contribution in [1.29, 1.82) is 0 Å². The zero-order chi connectivity index (χ0) is 30.6. The molecule has 1 unspecified atom stereocenters. The largest absolute Gasteiger partial charge is 0.387 e.